The quantitative estimate of drug-likeness (QED) is 0.829. The summed E-state index contributed by atoms with van der Waals surface area (Å²) in [4.78, 5) is 0. The van der Waals surface area contributed by atoms with Gasteiger partial charge >= 0.3 is 0 Å². The van der Waals surface area contributed by atoms with Gasteiger partial charge in [-0.15, -0.1) is 0 Å². The highest BCUT2D eigenvalue weighted by Gasteiger charge is 2.47. The molecule has 2 atom stereocenters. The SMILES string of the molecule is CCNC(C1CCOC2(CCCC2)C1)C1(C)CCCC1. The maximum atomic E-state index is 6.25. The second-order valence-electron chi connectivity index (χ2n) is 7.89. The lowest BCUT2D eigenvalue weighted by atomic mass is 9.69. The van der Waals surface area contributed by atoms with E-state index in [2.05, 4.69) is 19.2 Å². The third-order valence-electron chi connectivity index (χ3n) is 6.44. The molecule has 2 heteroatoms. The molecule has 0 aromatic rings. The predicted octanol–water partition coefficient (Wildman–Crippen LogP) is 4.28. The molecule has 0 amide bonds. The monoisotopic (exact) mass is 279 g/mol. The Bertz CT molecular complexity index is 315. The number of hydrogen-bond donors (Lipinski definition) is 1. The Hall–Kier alpha value is -0.0800. The van der Waals surface area contributed by atoms with Gasteiger partial charge in [-0.2, -0.15) is 0 Å². The Balaban J connectivity index is 1.73. The summed E-state index contributed by atoms with van der Waals surface area (Å²) in [6.45, 7) is 6.94. The van der Waals surface area contributed by atoms with Crippen molar-refractivity contribution >= 4 is 0 Å². The van der Waals surface area contributed by atoms with E-state index >= 15 is 0 Å². The summed E-state index contributed by atoms with van der Waals surface area (Å²) in [5, 5.41) is 3.89. The van der Waals surface area contributed by atoms with Gasteiger partial charge in [-0.05, 0) is 56.4 Å². The molecule has 20 heavy (non-hydrogen) atoms. The van der Waals surface area contributed by atoms with Gasteiger partial charge in [0, 0.05) is 12.6 Å². The van der Waals surface area contributed by atoms with Crippen LogP contribution in [-0.4, -0.2) is 24.8 Å². The summed E-state index contributed by atoms with van der Waals surface area (Å²) < 4.78 is 6.25. The molecule has 116 valence electrons. The van der Waals surface area contributed by atoms with Gasteiger partial charge < -0.3 is 10.1 Å². The molecule has 0 aromatic heterocycles. The molecule has 0 radical (unpaired) electrons. The number of hydrogen-bond acceptors (Lipinski definition) is 2. The zero-order valence-corrected chi connectivity index (χ0v) is 13.5. The number of nitrogens with one attached hydrogen (secondary N) is 1. The lowest BCUT2D eigenvalue weighted by molar-refractivity contribution is -0.105. The Labute approximate surface area is 125 Å². The minimum atomic E-state index is 0.269. The van der Waals surface area contributed by atoms with Gasteiger partial charge in [0.1, 0.15) is 0 Å². The third kappa shape index (κ3) is 2.78. The average molecular weight is 279 g/mol. The first-order valence-electron chi connectivity index (χ1n) is 9.05. The highest BCUT2D eigenvalue weighted by atomic mass is 16.5. The van der Waals surface area contributed by atoms with Crippen molar-refractivity contribution in [1.29, 1.82) is 0 Å². The van der Waals surface area contributed by atoms with Crippen LogP contribution in [0.15, 0.2) is 0 Å². The molecule has 1 spiro atoms. The second-order valence-corrected chi connectivity index (χ2v) is 7.89. The normalized spacial score (nSPS) is 33.6. The van der Waals surface area contributed by atoms with Crippen molar-refractivity contribution < 1.29 is 4.74 Å². The van der Waals surface area contributed by atoms with Gasteiger partial charge in [-0.3, -0.25) is 0 Å². The zero-order valence-electron chi connectivity index (χ0n) is 13.5. The summed E-state index contributed by atoms with van der Waals surface area (Å²) in [5.41, 5.74) is 0.809. The van der Waals surface area contributed by atoms with Crippen molar-refractivity contribution in [2.75, 3.05) is 13.2 Å². The van der Waals surface area contributed by atoms with Crippen LogP contribution in [-0.2, 0) is 4.74 Å². The Morgan fingerprint density at radius 2 is 1.75 bits per heavy atom. The van der Waals surface area contributed by atoms with E-state index in [4.69, 9.17) is 4.74 Å². The fourth-order valence-electron chi connectivity index (χ4n) is 5.41. The molecule has 0 aromatic carbocycles. The van der Waals surface area contributed by atoms with Gasteiger partial charge in [0.25, 0.3) is 0 Å². The van der Waals surface area contributed by atoms with Crippen molar-refractivity contribution in [3.05, 3.63) is 0 Å². The largest absolute Gasteiger partial charge is 0.375 e. The average Bonchev–Trinajstić information content (AvgIpc) is 3.07. The van der Waals surface area contributed by atoms with E-state index in [0.29, 0.717) is 5.41 Å². The summed E-state index contributed by atoms with van der Waals surface area (Å²) in [6, 6.07) is 0.719. The van der Waals surface area contributed by atoms with Crippen LogP contribution in [0.4, 0.5) is 0 Å². The molecule has 0 bridgehead atoms. The van der Waals surface area contributed by atoms with Crippen molar-refractivity contribution in [3.8, 4) is 0 Å². The highest BCUT2D eigenvalue weighted by Crippen LogP contribution is 2.49. The zero-order chi connectivity index (χ0) is 14.1. The van der Waals surface area contributed by atoms with E-state index < -0.39 is 0 Å². The topological polar surface area (TPSA) is 21.3 Å². The lowest BCUT2D eigenvalue weighted by Gasteiger charge is -2.46. The summed E-state index contributed by atoms with van der Waals surface area (Å²) in [6.07, 6.45) is 13.7. The maximum absolute atomic E-state index is 6.25. The standard InChI is InChI=1S/C18H33NO/c1-3-19-16(17(2)9-4-5-10-17)15-8-13-20-18(14-15)11-6-7-12-18/h15-16,19H,3-14H2,1-2H3. The van der Waals surface area contributed by atoms with Crippen LogP contribution in [0, 0.1) is 11.3 Å². The molecule has 2 unspecified atom stereocenters. The summed E-state index contributed by atoms with van der Waals surface area (Å²) in [5.74, 6) is 0.838. The lowest BCUT2D eigenvalue weighted by Crippen LogP contribution is -2.52. The van der Waals surface area contributed by atoms with Crippen LogP contribution in [0.1, 0.15) is 78.1 Å². The van der Waals surface area contributed by atoms with Crippen molar-refractivity contribution in [3.63, 3.8) is 0 Å². The van der Waals surface area contributed by atoms with E-state index in [1.807, 2.05) is 0 Å². The predicted molar refractivity (Wildman–Crippen MR) is 83.9 cm³/mol. The van der Waals surface area contributed by atoms with Crippen molar-refractivity contribution in [1.82, 2.24) is 5.32 Å². The number of rotatable bonds is 4. The summed E-state index contributed by atoms with van der Waals surface area (Å²) in [7, 11) is 0. The number of ether oxygens (including phenoxy) is 1. The van der Waals surface area contributed by atoms with Gasteiger partial charge in [0.05, 0.1) is 5.60 Å². The van der Waals surface area contributed by atoms with E-state index in [9.17, 15) is 0 Å². The summed E-state index contributed by atoms with van der Waals surface area (Å²) >= 11 is 0. The molecule has 2 nitrogen and oxygen atoms in total. The van der Waals surface area contributed by atoms with Gasteiger partial charge in [0.2, 0.25) is 0 Å². The van der Waals surface area contributed by atoms with Crippen LogP contribution in [0.3, 0.4) is 0 Å². The molecule has 1 N–H and O–H groups in total. The molecule has 2 saturated carbocycles. The molecule has 1 aliphatic heterocycles. The van der Waals surface area contributed by atoms with Crippen LogP contribution in [0.25, 0.3) is 0 Å². The van der Waals surface area contributed by atoms with E-state index in [0.717, 1.165) is 25.1 Å². The molecule has 1 saturated heterocycles. The van der Waals surface area contributed by atoms with Crippen molar-refractivity contribution in [2.45, 2.75) is 89.7 Å². The molecule has 3 aliphatic rings. The van der Waals surface area contributed by atoms with Gasteiger partial charge in [-0.1, -0.05) is 39.5 Å². The molecule has 1 heterocycles. The fraction of sp³-hybridized carbons (Fsp3) is 1.00. The molecular weight excluding hydrogens is 246 g/mol. The molecular formula is C18H33NO. The molecule has 3 rings (SSSR count). The second kappa shape index (κ2) is 5.96. The smallest absolute Gasteiger partial charge is 0.0685 e. The van der Waals surface area contributed by atoms with E-state index in [1.165, 1.54) is 64.2 Å². The van der Waals surface area contributed by atoms with Crippen LogP contribution < -0.4 is 5.32 Å². The minimum absolute atomic E-state index is 0.269. The van der Waals surface area contributed by atoms with Crippen LogP contribution in [0.2, 0.25) is 0 Å². The third-order valence-corrected chi connectivity index (χ3v) is 6.44. The van der Waals surface area contributed by atoms with E-state index in [-0.39, 0.29) is 5.60 Å². The Morgan fingerprint density at radius 3 is 2.40 bits per heavy atom. The van der Waals surface area contributed by atoms with Crippen LogP contribution >= 0.6 is 0 Å². The first kappa shape index (κ1) is 14.8. The Kier molecular flexibility index (Phi) is 4.42. The van der Waals surface area contributed by atoms with Crippen molar-refractivity contribution in [2.24, 2.45) is 11.3 Å². The van der Waals surface area contributed by atoms with E-state index in [1.54, 1.807) is 0 Å². The first-order chi connectivity index (χ1) is 9.68. The fourth-order valence-corrected chi connectivity index (χ4v) is 5.41. The van der Waals surface area contributed by atoms with Gasteiger partial charge in [-0.25, -0.2) is 0 Å². The molecule has 3 fully saturated rings. The maximum Gasteiger partial charge on any atom is 0.0685 e. The Morgan fingerprint density at radius 1 is 1.10 bits per heavy atom. The highest BCUT2D eigenvalue weighted by molar-refractivity contribution is 5.00. The molecule has 2 aliphatic carbocycles. The van der Waals surface area contributed by atoms with Crippen LogP contribution in [0.5, 0.6) is 0 Å². The first-order valence-corrected chi connectivity index (χ1v) is 9.05. The minimum Gasteiger partial charge on any atom is -0.375 e. The van der Waals surface area contributed by atoms with Gasteiger partial charge in [0.15, 0.2) is 0 Å².